The minimum absolute atomic E-state index is 0.181. The Hall–Kier alpha value is -2.54. The first-order chi connectivity index (χ1) is 13.1. The van der Waals surface area contributed by atoms with E-state index in [-0.39, 0.29) is 12.3 Å². The standard InChI is InChI=1S/C20H28N2O5/c1-21-20(26)18(9-7-12-24)22(2)14-17-16(15-25)8-6-10-19(17)27-13-5-3-4-11-23/h6,8,10-12,15,18H,3-5,7,9,13-14H2,1-2H3,(H,21,26). The maximum atomic E-state index is 12.2. The fourth-order valence-electron chi connectivity index (χ4n) is 2.81. The first kappa shape index (κ1) is 22.5. The van der Waals surface area contributed by atoms with Gasteiger partial charge in [-0.25, -0.2) is 0 Å². The molecule has 1 amide bonds. The van der Waals surface area contributed by atoms with Gasteiger partial charge in [0.05, 0.1) is 12.6 Å². The lowest BCUT2D eigenvalue weighted by atomic mass is 10.0. The first-order valence-electron chi connectivity index (χ1n) is 9.08. The van der Waals surface area contributed by atoms with Gasteiger partial charge in [-0.1, -0.05) is 12.1 Å². The highest BCUT2D eigenvalue weighted by atomic mass is 16.5. The predicted molar refractivity (Wildman–Crippen MR) is 102 cm³/mol. The molecule has 1 atom stereocenters. The topological polar surface area (TPSA) is 92.8 Å². The summed E-state index contributed by atoms with van der Waals surface area (Å²) in [4.78, 5) is 46.5. The summed E-state index contributed by atoms with van der Waals surface area (Å²) in [5, 5.41) is 2.61. The fraction of sp³-hybridized carbons (Fsp3) is 0.500. The number of amides is 1. The normalized spacial score (nSPS) is 11.7. The van der Waals surface area contributed by atoms with Gasteiger partial charge in [0.1, 0.15) is 18.3 Å². The summed E-state index contributed by atoms with van der Waals surface area (Å²) < 4.78 is 5.82. The molecule has 0 radical (unpaired) electrons. The summed E-state index contributed by atoms with van der Waals surface area (Å²) in [7, 11) is 3.33. The SMILES string of the molecule is CNC(=O)C(CCC=O)N(C)Cc1c(C=O)cccc1OCCCCC=O. The van der Waals surface area contributed by atoms with Crippen LogP contribution in [-0.4, -0.2) is 56.4 Å². The summed E-state index contributed by atoms with van der Waals surface area (Å²) in [5.74, 6) is 0.405. The van der Waals surface area contributed by atoms with Crippen molar-refractivity contribution < 1.29 is 23.9 Å². The van der Waals surface area contributed by atoms with Gasteiger partial charge in [0, 0.05) is 37.6 Å². The average molecular weight is 376 g/mol. The van der Waals surface area contributed by atoms with E-state index in [1.165, 1.54) is 0 Å². The van der Waals surface area contributed by atoms with Gasteiger partial charge >= 0.3 is 0 Å². The molecule has 1 unspecified atom stereocenters. The zero-order valence-corrected chi connectivity index (χ0v) is 16.0. The van der Waals surface area contributed by atoms with Crippen molar-refractivity contribution in [1.82, 2.24) is 10.2 Å². The molecule has 0 aliphatic rings. The number of carbonyl (C=O) groups is 4. The third-order valence-electron chi connectivity index (χ3n) is 4.32. The highest BCUT2D eigenvalue weighted by molar-refractivity contribution is 5.82. The van der Waals surface area contributed by atoms with Gasteiger partial charge in [0.15, 0.2) is 6.29 Å². The molecule has 0 aliphatic carbocycles. The molecular weight excluding hydrogens is 348 g/mol. The lowest BCUT2D eigenvalue weighted by Gasteiger charge is -2.27. The fourth-order valence-corrected chi connectivity index (χ4v) is 2.81. The van der Waals surface area contributed by atoms with Crippen LogP contribution in [0.5, 0.6) is 5.75 Å². The zero-order valence-electron chi connectivity index (χ0n) is 16.0. The second-order valence-corrected chi connectivity index (χ2v) is 6.24. The molecule has 1 rings (SSSR count). The number of nitrogens with one attached hydrogen (secondary N) is 1. The van der Waals surface area contributed by atoms with E-state index in [1.807, 2.05) is 4.90 Å². The van der Waals surface area contributed by atoms with Crippen molar-refractivity contribution in [3.8, 4) is 5.75 Å². The molecule has 7 nitrogen and oxygen atoms in total. The predicted octanol–water partition coefficient (Wildman–Crippen LogP) is 1.77. The van der Waals surface area contributed by atoms with Crippen molar-refractivity contribution in [1.29, 1.82) is 0 Å². The third kappa shape index (κ3) is 7.30. The smallest absolute Gasteiger partial charge is 0.237 e. The van der Waals surface area contributed by atoms with Crippen LogP contribution in [0.4, 0.5) is 0 Å². The van der Waals surface area contributed by atoms with Gasteiger partial charge < -0.3 is 19.6 Å². The van der Waals surface area contributed by atoms with E-state index in [0.717, 1.165) is 31.7 Å². The first-order valence-corrected chi connectivity index (χ1v) is 9.08. The van der Waals surface area contributed by atoms with Crippen LogP contribution in [0.1, 0.15) is 48.0 Å². The Kier molecular flexibility index (Phi) is 10.6. The zero-order chi connectivity index (χ0) is 20.1. The Morgan fingerprint density at radius 1 is 1.19 bits per heavy atom. The number of likely N-dealkylation sites (N-methyl/N-ethyl adjacent to an activating group) is 2. The molecule has 0 heterocycles. The number of aldehydes is 3. The Labute approximate surface area is 160 Å². The van der Waals surface area contributed by atoms with Gasteiger partial charge in [-0.15, -0.1) is 0 Å². The summed E-state index contributed by atoms with van der Waals surface area (Å²) in [6, 6.07) is 4.75. The highest BCUT2D eigenvalue weighted by Crippen LogP contribution is 2.25. The molecule has 0 saturated heterocycles. The van der Waals surface area contributed by atoms with Gasteiger partial charge in [-0.2, -0.15) is 0 Å². The number of nitrogens with zero attached hydrogens (tertiary/aromatic N) is 1. The summed E-state index contributed by atoms with van der Waals surface area (Å²) in [5.41, 5.74) is 1.20. The maximum Gasteiger partial charge on any atom is 0.237 e. The molecule has 0 bridgehead atoms. The number of hydrogen-bond acceptors (Lipinski definition) is 6. The van der Waals surface area contributed by atoms with Crippen molar-refractivity contribution in [2.75, 3.05) is 20.7 Å². The van der Waals surface area contributed by atoms with Crippen LogP contribution >= 0.6 is 0 Å². The van der Waals surface area contributed by atoms with Crippen molar-refractivity contribution >= 4 is 24.8 Å². The second kappa shape index (κ2) is 12.8. The van der Waals surface area contributed by atoms with Gasteiger partial charge in [-0.05, 0) is 32.4 Å². The molecule has 0 fully saturated rings. The number of rotatable bonds is 14. The average Bonchev–Trinajstić information content (AvgIpc) is 2.68. The largest absolute Gasteiger partial charge is 0.493 e. The molecule has 1 N–H and O–H groups in total. The summed E-state index contributed by atoms with van der Waals surface area (Å²) in [6.07, 6.45) is 5.09. The van der Waals surface area contributed by atoms with E-state index in [0.29, 0.717) is 42.9 Å². The van der Waals surface area contributed by atoms with Crippen LogP contribution < -0.4 is 10.1 Å². The van der Waals surface area contributed by atoms with E-state index in [4.69, 9.17) is 4.74 Å². The molecule has 0 aliphatic heterocycles. The molecular formula is C20H28N2O5. The van der Waals surface area contributed by atoms with Crippen molar-refractivity contribution in [3.05, 3.63) is 29.3 Å². The number of unbranched alkanes of at least 4 members (excludes halogenated alkanes) is 2. The third-order valence-corrected chi connectivity index (χ3v) is 4.32. The molecule has 0 saturated carbocycles. The van der Waals surface area contributed by atoms with Crippen molar-refractivity contribution in [2.45, 2.75) is 44.7 Å². The molecule has 7 heteroatoms. The Balaban J connectivity index is 2.93. The van der Waals surface area contributed by atoms with E-state index in [1.54, 1.807) is 32.3 Å². The lowest BCUT2D eigenvalue weighted by molar-refractivity contribution is -0.126. The number of benzene rings is 1. The van der Waals surface area contributed by atoms with E-state index in [9.17, 15) is 19.2 Å². The van der Waals surface area contributed by atoms with Crippen LogP contribution in [0.2, 0.25) is 0 Å². The van der Waals surface area contributed by atoms with Crippen LogP contribution in [0.3, 0.4) is 0 Å². The molecule has 1 aromatic carbocycles. The Morgan fingerprint density at radius 3 is 2.56 bits per heavy atom. The van der Waals surface area contributed by atoms with E-state index >= 15 is 0 Å². The lowest BCUT2D eigenvalue weighted by Crippen LogP contribution is -2.43. The molecule has 148 valence electrons. The van der Waals surface area contributed by atoms with Gasteiger partial charge in [0.2, 0.25) is 5.91 Å². The Bertz CT molecular complexity index is 633. The number of hydrogen-bond donors (Lipinski definition) is 1. The Morgan fingerprint density at radius 2 is 1.93 bits per heavy atom. The number of ether oxygens (including phenoxy) is 1. The minimum Gasteiger partial charge on any atom is -0.493 e. The molecule has 1 aromatic rings. The summed E-state index contributed by atoms with van der Waals surface area (Å²) >= 11 is 0. The van der Waals surface area contributed by atoms with Crippen LogP contribution in [0, 0.1) is 0 Å². The van der Waals surface area contributed by atoms with Gasteiger partial charge in [0.25, 0.3) is 0 Å². The quantitative estimate of drug-likeness (QED) is 0.393. The van der Waals surface area contributed by atoms with Gasteiger partial charge in [-0.3, -0.25) is 14.5 Å². The molecule has 27 heavy (non-hydrogen) atoms. The van der Waals surface area contributed by atoms with E-state index in [2.05, 4.69) is 5.32 Å². The summed E-state index contributed by atoms with van der Waals surface area (Å²) in [6.45, 7) is 0.770. The van der Waals surface area contributed by atoms with Crippen LogP contribution in [0.25, 0.3) is 0 Å². The van der Waals surface area contributed by atoms with Crippen LogP contribution in [-0.2, 0) is 20.9 Å². The number of carbonyl (C=O) groups excluding carboxylic acids is 4. The monoisotopic (exact) mass is 376 g/mol. The van der Waals surface area contributed by atoms with Crippen molar-refractivity contribution in [2.24, 2.45) is 0 Å². The molecule has 0 spiro atoms. The highest BCUT2D eigenvalue weighted by Gasteiger charge is 2.23. The van der Waals surface area contributed by atoms with E-state index < -0.39 is 6.04 Å². The second-order valence-electron chi connectivity index (χ2n) is 6.24. The molecule has 0 aromatic heterocycles. The minimum atomic E-state index is -0.486. The van der Waals surface area contributed by atoms with Crippen molar-refractivity contribution in [3.63, 3.8) is 0 Å². The van der Waals surface area contributed by atoms with Crippen LogP contribution in [0.15, 0.2) is 18.2 Å². The maximum absolute atomic E-state index is 12.2.